The highest BCUT2D eigenvalue weighted by atomic mass is 16.5. The highest BCUT2D eigenvalue weighted by molar-refractivity contribution is 5.91. The molecule has 0 radical (unpaired) electrons. The van der Waals surface area contributed by atoms with E-state index in [1.807, 2.05) is 31.2 Å². The Morgan fingerprint density at radius 1 is 1.44 bits per heavy atom. The molecule has 2 N–H and O–H groups in total. The maximum absolute atomic E-state index is 11.7. The van der Waals surface area contributed by atoms with E-state index in [-0.39, 0.29) is 5.91 Å². The summed E-state index contributed by atoms with van der Waals surface area (Å²) in [6.07, 6.45) is 0.342. The molecule has 0 aliphatic carbocycles. The van der Waals surface area contributed by atoms with Gasteiger partial charge in [-0.2, -0.15) is 0 Å². The van der Waals surface area contributed by atoms with E-state index in [4.69, 9.17) is 9.84 Å². The minimum Gasteiger partial charge on any atom is -0.393 e. The molecule has 100 valence electrons. The van der Waals surface area contributed by atoms with Gasteiger partial charge in [0.1, 0.15) is 0 Å². The van der Waals surface area contributed by atoms with Gasteiger partial charge in [-0.15, -0.1) is 0 Å². The third-order valence-electron chi connectivity index (χ3n) is 2.54. The van der Waals surface area contributed by atoms with Crippen molar-refractivity contribution in [1.82, 2.24) is 0 Å². The Morgan fingerprint density at radius 3 is 2.83 bits per heavy atom. The summed E-state index contributed by atoms with van der Waals surface area (Å²) < 4.78 is 5.35. The van der Waals surface area contributed by atoms with Gasteiger partial charge in [0.25, 0.3) is 0 Å². The van der Waals surface area contributed by atoms with Crippen LogP contribution in [0.5, 0.6) is 0 Å². The standard InChI is InChI=1S/C14H21NO3/c1-3-18-10-12-6-4-5-7-13(12)15-14(17)9-8-11(2)16/h4-7,11,16H,3,8-10H2,1-2H3,(H,15,17). The van der Waals surface area contributed by atoms with Gasteiger partial charge >= 0.3 is 0 Å². The average molecular weight is 251 g/mol. The van der Waals surface area contributed by atoms with E-state index in [9.17, 15) is 4.79 Å². The Morgan fingerprint density at radius 2 is 2.17 bits per heavy atom. The number of carbonyl (C=O) groups excluding carboxylic acids is 1. The Hall–Kier alpha value is -1.39. The van der Waals surface area contributed by atoms with Crippen molar-refractivity contribution in [2.75, 3.05) is 11.9 Å². The number of nitrogens with one attached hydrogen (secondary N) is 1. The topological polar surface area (TPSA) is 58.6 Å². The van der Waals surface area contributed by atoms with Crippen molar-refractivity contribution in [2.24, 2.45) is 0 Å². The van der Waals surface area contributed by atoms with Crippen molar-refractivity contribution in [3.05, 3.63) is 29.8 Å². The fourth-order valence-electron chi connectivity index (χ4n) is 1.53. The summed E-state index contributed by atoms with van der Waals surface area (Å²) in [5.74, 6) is -0.0835. The van der Waals surface area contributed by atoms with Crippen molar-refractivity contribution < 1.29 is 14.6 Å². The molecule has 0 saturated heterocycles. The molecule has 4 heteroatoms. The SMILES string of the molecule is CCOCc1ccccc1NC(=O)CCC(C)O. The quantitative estimate of drug-likeness (QED) is 0.782. The van der Waals surface area contributed by atoms with Crippen LogP contribution >= 0.6 is 0 Å². The molecular formula is C14H21NO3. The van der Waals surface area contributed by atoms with Crippen LogP contribution in [-0.2, 0) is 16.1 Å². The minimum absolute atomic E-state index is 0.0835. The number of ether oxygens (including phenoxy) is 1. The number of anilines is 1. The number of para-hydroxylation sites is 1. The molecule has 0 spiro atoms. The van der Waals surface area contributed by atoms with E-state index in [0.717, 1.165) is 11.3 Å². The highest BCUT2D eigenvalue weighted by Crippen LogP contribution is 2.16. The van der Waals surface area contributed by atoms with E-state index in [0.29, 0.717) is 26.1 Å². The fraction of sp³-hybridized carbons (Fsp3) is 0.500. The first-order chi connectivity index (χ1) is 8.63. The molecule has 1 atom stereocenters. The third-order valence-corrected chi connectivity index (χ3v) is 2.54. The van der Waals surface area contributed by atoms with Crippen LogP contribution in [-0.4, -0.2) is 23.7 Å². The Labute approximate surface area is 108 Å². The molecule has 0 bridgehead atoms. The van der Waals surface area contributed by atoms with Gasteiger partial charge in [0, 0.05) is 24.3 Å². The molecule has 0 saturated carbocycles. The molecule has 0 heterocycles. The summed E-state index contributed by atoms with van der Waals surface area (Å²) in [5.41, 5.74) is 1.74. The van der Waals surface area contributed by atoms with Gasteiger partial charge < -0.3 is 15.2 Å². The summed E-state index contributed by atoms with van der Waals surface area (Å²) in [6, 6.07) is 7.58. The number of aliphatic hydroxyl groups is 1. The molecular weight excluding hydrogens is 230 g/mol. The zero-order valence-corrected chi connectivity index (χ0v) is 11.0. The number of benzene rings is 1. The van der Waals surface area contributed by atoms with E-state index in [2.05, 4.69) is 5.32 Å². The number of rotatable bonds is 7. The molecule has 0 aromatic heterocycles. The first-order valence-electron chi connectivity index (χ1n) is 6.27. The summed E-state index contributed by atoms with van der Waals surface area (Å²) >= 11 is 0. The Kier molecular flexibility index (Phi) is 6.39. The summed E-state index contributed by atoms with van der Waals surface area (Å²) in [6.45, 7) is 4.74. The van der Waals surface area contributed by atoms with Gasteiger partial charge in [-0.3, -0.25) is 4.79 Å². The molecule has 18 heavy (non-hydrogen) atoms. The second kappa shape index (κ2) is 7.84. The highest BCUT2D eigenvalue weighted by Gasteiger charge is 2.07. The van der Waals surface area contributed by atoms with Crippen LogP contribution in [0, 0.1) is 0 Å². The first kappa shape index (κ1) is 14.7. The molecule has 0 aliphatic rings. The largest absolute Gasteiger partial charge is 0.393 e. The molecule has 4 nitrogen and oxygen atoms in total. The van der Waals surface area contributed by atoms with Crippen LogP contribution < -0.4 is 5.32 Å². The molecule has 1 rings (SSSR count). The third kappa shape index (κ3) is 5.29. The smallest absolute Gasteiger partial charge is 0.224 e. The van der Waals surface area contributed by atoms with E-state index < -0.39 is 6.10 Å². The molecule has 1 aromatic rings. The van der Waals surface area contributed by atoms with Crippen molar-refractivity contribution >= 4 is 11.6 Å². The lowest BCUT2D eigenvalue weighted by Crippen LogP contribution is -2.15. The predicted molar refractivity (Wildman–Crippen MR) is 71.3 cm³/mol. The molecule has 1 aromatic carbocycles. The van der Waals surface area contributed by atoms with Crippen LogP contribution in [0.3, 0.4) is 0 Å². The average Bonchev–Trinajstić information content (AvgIpc) is 2.35. The predicted octanol–water partition coefficient (Wildman–Crippen LogP) is 2.32. The van der Waals surface area contributed by atoms with Crippen LogP contribution in [0.25, 0.3) is 0 Å². The zero-order valence-electron chi connectivity index (χ0n) is 11.0. The molecule has 0 fully saturated rings. The lowest BCUT2D eigenvalue weighted by Gasteiger charge is -2.11. The monoisotopic (exact) mass is 251 g/mol. The van der Waals surface area contributed by atoms with Crippen LogP contribution in [0.15, 0.2) is 24.3 Å². The van der Waals surface area contributed by atoms with Gasteiger partial charge in [-0.1, -0.05) is 18.2 Å². The first-order valence-corrected chi connectivity index (χ1v) is 6.27. The normalized spacial score (nSPS) is 12.2. The molecule has 1 amide bonds. The second-order valence-electron chi connectivity index (χ2n) is 4.23. The van der Waals surface area contributed by atoms with Gasteiger partial charge in [0.05, 0.1) is 12.7 Å². The summed E-state index contributed by atoms with van der Waals surface area (Å²) in [4.78, 5) is 11.7. The van der Waals surface area contributed by atoms with Crippen molar-refractivity contribution in [1.29, 1.82) is 0 Å². The maximum atomic E-state index is 11.7. The van der Waals surface area contributed by atoms with E-state index in [1.165, 1.54) is 0 Å². The zero-order chi connectivity index (χ0) is 13.4. The van der Waals surface area contributed by atoms with E-state index in [1.54, 1.807) is 6.92 Å². The Balaban J connectivity index is 2.57. The van der Waals surface area contributed by atoms with Crippen molar-refractivity contribution in [2.45, 2.75) is 39.4 Å². The number of amides is 1. The Bertz CT molecular complexity index is 377. The number of aliphatic hydroxyl groups excluding tert-OH is 1. The number of hydrogen-bond donors (Lipinski definition) is 2. The van der Waals surface area contributed by atoms with Gasteiger partial charge in [0.15, 0.2) is 0 Å². The van der Waals surface area contributed by atoms with Gasteiger partial charge in [0.2, 0.25) is 5.91 Å². The minimum atomic E-state index is -0.450. The van der Waals surface area contributed by atoms with E-state index >= 15 is 0 Å². The summed E-state index contributed by atoms with van der Waals surface area (Å²) in [5, 5.41) is 12.0. The van der Waals surface area contributed by atoms with Crippen LogP contribution in [0.1, 0.15) is 32.3 Å². The van der Waals surface area contributed by atoms with Crippen molar-refractivity contribution in [3.8, 4) is 0 Å². The number of hydrogen-bond acceptors (Lipinski definition) is 3. The van der Waals surface area contributed by atoms with Crippen molar-refractivity contribution in [3.63, 3.8) is 0 Å². The van der Waals surface area contributed by atoms with Gasteiger partial charge in [-0.25, -0.2) is 0 Å². The van der Waals surface area contributed by atoms with Crippen LogP contribution in [0.2, 0.25) is 0 Å². The lowest BCUT2D eigenvalue weighted by atomic mass is 10.1. The lowest BCUT2D eigenvalue weighted by molar-refractivity contribution is -0.116. The second-order valence-corrected chi connectivity index (χ2v) is 4.23. The maximum Gasteiger partial charge on any atom is 0.224 e. The van der Waals surface area contributed by atoms with Crippen LogP contribution in [0.4, 0.5) is 5.69 Å². The molecule has 0 aliphatic heterocycles. The fourth-order valence-corrected chi connectivity index (χ4v) is 1.53. The summed E-state index contributed by atoms with van der Waals surface area (Å²) in [7, 11) is 0. The molecule has 1 unspecified atom stereocenters. The van der Waals surface area contributed by atoms with Gasteiger partial charge in [-0.05, 0) is 26.3 Å². The number of carbonyl (C=O) groups is 1.